The lowest BCUT2D eigenvalue weighted by atomic mass is 10.2. The lowest BCUT2D eigenvalue weighted by molar-refractivity contribution is 0.160. The van der Waals surface area contributed by atoms with Crippen LogP contribution in [0.4, 0.5) is 10.6 Å². The van der Waals surface area contributed by atoms with Crippen molar-refractivity contribution in [2.24, 2.45) is 0 Å². The minimum atomic E-state index is -0.480. The number of rotatable bonds is 7. The summed E-state index contributed by atoms with van der Waals surface area (Å²) in [6.07, 6.45) is 3.50. The van der Waals surface area contributed by atoms with Gasteiger partial charge in [-0.25, -0.2) is 9.78 Å². The average Bonchev–Trinajstić information content (AvgIpc) is 3.06. The van der Waals surface area contributed by atoms with Gasteiger partial charge in [0, 0.05) is 37.4 Å². The smallest absolute Gasteiger partial charge is 0.315 e. The van der Waals surface area contributed by atoms with Crippen LogP contribution in [0, 0.1) is 6.92 Å². The van der Waals surface area contributed by atoms with E-state index in [0.717, 1.165) is 36.6 Å². The van der Waals surface area contributed by atoms with Gasteiger partial charge in [0.05, 0.1) is 6.10 Å². The Morgan fingerprint density at radius 1 is 1.35 bits per heavy atom. The molecule has 1 aliphatic heterocycles. The molecule has 2 amide bonds. The summed E-state index contributed by atoms with van der Waals surface area (Å²) in [4.78, 5) is 18.8. The number of aryl methyl sites for hydroxylation is 1. The molecule has 6 heteroatoms. The van der Waals surface area contributed by atoms with Gasteiger partial charge in [-0.1, -0.05) is 19.4 Å². The van der Waals surface area contributed by atoms with Crippen molar-refractivity contribution in [1.82, 2.24) is 15.6 Å². The standard InChI is InChI=1S/C17H28N4O2/c1-3-6-15(22)12-19-17(23)18-11-14-8-7-13(2)20-16(14)21-9-4-5-10-21/h7-8,15,22H,3-6,9-12H2,1-2H3,(H2,18,19,23). The largest absolute Gasteiger partial charge is 0.391 e. The predicted octanol–water partition coefficient (Wildman–Crippen LogP) is 1.95. The van der Waals surface area contributed by atoms with E-state index in [0.29, 0.717) is 13.0 Å². The van der Waals surface area contributed by atoms with E-state index in [1.165, 1.54) is 12.8 Å². The maximum Gasteiger partial charge on any atom is 0.315 e. The van der Waals surface area contributed by atoms with Crippen LogP contribution in [0.1, 0.15) is 43.9 Å². The Balaban J connectivity index is 1.88. The fourth-order valence-electron chi connectivity index (χ4n) is 2.80. The molecule has 1 fully saturated rings. The van der Waals surface area contributed by atoms with E-state index >= 15 is 0 Å². The van der Waals surface area contributed by atoms with Crippen LogP contribution in [-0.4, -0.2) is 41.9 Å². The highest BCUT2D eigenvalue weighted by Gasteiger charge is 2.17. The summed E-state index contributed by atoms with van der Waals surface area (Å²) >= 11 is 0. The highest BCUT2D eigenvalue weighted by atomic mass is 16.3. The van der Waals surface area contributed by atoms with Gasteiger partial charge in [-0.2, -0.15) is 0 Å². The third-order valence-corrected chi connectivity index (χ3v) is 4.06. The number of carbonyl (C=O) groups excluding carboxylic acids is 1. The molecule has 1 atom stereocenters. The van der Waals surface area contributed by atoms with Crippen molar-refractivity contribution in [3.8, 4) is 0 Å². The van der Waals surface area contributed by atoms with Gasteiger partial charge in [0.25, 0.3) is 0 Å². The minimum absolute atomic E-state index is 0.256. The monoisotopic (exact) mass is 320 g/mol. The van der Waals surface area contributed by atoms with Crippen LogP contribution in [0.5, 0.6) is 0 Å². The molecule has 2 heterocycles. The first-order valence-corrected chi connectivity index (χ1v) is 8.51. The Labute approximate surface area is 138 Å². The van der Waals surface area contributed by atoms with Crippen LogP contribution in [0.3, 0.4) is 0 Å². The van der Waals surface area contributed by atoms with Crippen molar-refractivity contribution in [3.05, 3.63) is 23.4 Å². The van der Waals surface area contributed by atoms with Crippen LogP contribution < -0.4 is 15.5 Å². The minimum Gasteiger partial charge on any atom is -0.391 e. The first-order valence-electron chi connectivity index (χ1n) is 8.51. The number of carbonyl (C=O) groups is 1. The van der Waals surface area contributed by atoms with Gasteiger partial charge in [0.15, 0.2) is 0 Å². The Hall–Kier alpha value is -1.82. The maximum absolute atomic E-state index is 11.9. The second kappa shape index (κ2) is 8.72. The van der Waals surface area contributed by atoms with Crippen LogP contribution in [0.15, 0.2) is 12.1 Å². The molecule has 0 aromatic carbocycles. The van der Waals surface area contributed by atoms with Gasteiger partial charge in [0.1, 0.15) is 5.82 Å². The molecule has 0 bridgehead atoms. The van der Waals surface area contributed by atoms with Crippen LogP contribution in [0.25, 0.3) is 0 Å². The maximum atomic E-state index is 11.9. The zero-order chi connectivity index (χ0) is 16.7. The number of hydrogen-bond donors (Lipinski definition) is 3. The van der Waals surface area contributed by atoms with Crippen molar-refractivity contribution in [2.45, 2.75) is 52.2 Å². The van der Waals surface area contributed by atoms with Crippen molar-refractivity contribution in [2.75, 3.05) is 24.5 Å². The Morgan fingerprint density at radius 2 is 2.09 bits per heavy atom. The van der Waals surface area contributed by atoms with Gasteiger partial charge < -0.3 is 20.6 Å². The first-order chi connectivity index (χ1) is 11.1. The van der Waals surface area contributed by atoms with Crippen molar-refractivity contribution < 1.29 is 9.90 Å². The van der Waals surface area contributed by atoms with E-state index in [-0.39, 0.29) is 12.6 Å². The number of aliphatic hydroxyl groups is 1. The third-order valence-electron chi connectivity index (χ3n) is 4.06. The zero-order valence-electron chi connectivity index (χ0n) is 14.1. The molecule has 3 N–H and O–H groups in total. The molecule has 1 aliphatic rings. The Kier molecular flexibility index (Phi) is 6.65. The number of nitrogens with zero attached hydrogens (tertiary/aromatic N) is 2. The quantitative estimate of drug-likeness (QED) is 0.717. The molecular formula is C17H28N4O2. The highest BCUT2D eigenvalue weighted by molar-refractivity contribution is 5.74. The van der Waals surface area contributed by atoms with Crippen LogP contribution >= 0.6 is 0 Å². The summed E-state index contributed by atoms with van der Waals surface area (Å²) in [5, 5.41) is 15.2. The molecule has 0 radical (unpaired) electrons. The summed E-state index contributed by atoms with van der Waals surface area (Å²) in [6, 6.07) is 3.75. The van der Waals surface area contributed by atoms with E-state index in [9.17, 15) is 9.90 Å². The van der Waals surface area contributed by atoms with E-state index in [4.69, 9.17) is 0 Å². The average molecular weight is 320 g/mol. The molecular weight excluding hydrogens is 292 g/mol. The van der Waals surface area contributed by atoms with Gasteiger partial charge in [0.2, 0.25) is 0 Å². The first kappa shape index (κ1) is 17.5. The van der Waals surface area contributed by atoms with Gasteiger partial charge >= 0.3 is 6.03 Å². The molecule has 2 rings (SSSR count). The molecule has 1 aromatic heterocycles. The molecule has 23 heavy (non-hydrogen) atoms. The summed E-state index contributed by atoms with van der Waals surface area (Å²) in [6.45, 7) is 6.77. The van der Waals surface area contributed by atoms with E-state index in [2.05, 4.69) is 20.5 Å². The molecule has 0 spiro atoms. The molecule has 6 nitrogen and oxygen atoms in total. The highest BCUT2D eigenvalue weighted by Crippen LogP contribution is 2.22. The number of hydrogen-bond acceptors (Lipinski definition) is 4. The second-order valence-corrected chi connectivity index (χ2v) is 6.14. The number of anilines is 1. The molecule has 0 aliphatic carbocycles. The summed E-state index contributed by atoms with van der Waals surface area (Å²) in [7, 11) is 0. The summed E-state index contributed by atoms with van der Waals surface area (Å²) < 4.78 is 0. The number of amides is 2. The molecule has 1 unspecified atom stereocenters. The third kappa shape index (κ3) is 5.39. The van der Waals surface area contributed by atoms with E-state index < -0.39 is 6.10 Å². The van der Waals surface area contributed by atoms with E-state index in [1.807, 2.05) is 26.0 Å². The number of nitrogens with one attached hydrogen (secondary N) is 2. The lowest BCUT2D eigenvalue weighted by Crippen LogP contribution is -2.39. The SMILES string of the molecule is CCCC(O)CNC(=O)NCc1ccc(C)nc1N1CCCC1. The number of pyridine rings is 1. The normalized spacial score (nSPS) is 15.5. The fraction of sp³-hybridized carbons (Fsp3) is 0.647. The molecule has 128 valence electrons. The lowest BCUT2D eigenvalue weighted by Gasteiger charge is -2.21. The van der Waals surface area contributed by atoms with Crippen LogP contribution in [-0.2, 0) is 6.54 Å². The van der Waals surface area contributed by atoms with Crippen molar-refractivity contribution in [1.29, 1.82) is 0 Å². The molecule has 0 saturated carbocycles. The molecule has 1 aromatic rings. The summed E-state index contributed by atoms with van der Waals surface area (Å²) in [5.41, 5.74) is 2.02. The Morgan fingerprint density at radius 3 is 2.78 bits per heavy atom. The van der Waals surface area contributed by atoms with Gasteiger partial charge in [-0.3, -0.25) is 0 Å². The predicted molar refractivity (Wildman–Crippen MR) is 91.6 cm³/mol. The number of aliphatic hydroxyl groups excluding tert-OH is 1. The van der Waals surface area contributed by atoms with E-state index in [1.54, 1.807) is 0 Å². The summed E-state index contributed by atoms with van der Waals surface area (Å²) in [5.74, 6) is 0.980. The Bertz CT molecular complexity index is 515. The zero-order valence-corrected chi connectivity index (χ0v) is 14.1. The van der Waals surface area contributed by atoms with Crippen LogP contribution in [0.2, 0.25) is 0 Å². The number of urea groups is 1. The fourth-order valence-corrected chi connectivity index (χ4v) is 2.80. The topological polar surface area (TPSA) is 77.5 Å². The number of aromatic nitrogens is 1. The van der Waals surface area contributed by atoms with Gasteiger partial charge in [-0.05, 0) is 32.3 Å². The second-order valence-electron chi connectivity index (χ2n) is 6.14. The van der Waals surface area contributed by atoms with Crippen molar-refractivity contribution in [3.63, 3.8) is 0 Å². The molecule has 1 saturated heterocycles. The van der Waals surface area contributed by atoms with Gasteiger partial charge in [-0.15, -0.1) is 0 Å². The van der Waals surface area contributed by atoms with Crippen molar-refractivity contribution >= 4 is 11.8 Å².